The molecule has 3 nitrogen and oxygen atoms in total. The van der Waals surface area contributed by atoms with Crippen molar-refractivity contribution < 1.29 is 14.3 Å². The molecule has 0 aromatic rings. The number of Topliss-reactive ketones (excluding diaryl/α,β-unsaturated/α-hetero) is 1. The molecule has 0 aromatic carbocycles. The number of hydrogen-bond donors (Lipinski definition) is 0. The monoisotopic (exact) mass is 268 g/mol. The minimum atomic E-state index is -0.385. The molecule has 1 heterocycles. The van der Waals surface area contributed by atoms with E-state index in [0.29, 0.717) is 12.2 Å². The molecule has 0 aromatic heterocycles. The van der Waals surface area contributed by atoms with Crippen molar-refractivity contribution in [3.8, 4) is 0 Å². The average molecular weight is 268 g/mol. The molecule has 0 bridgehead atoms. The van der Waals surface area contributed by atoms with Crippen LogP contribution in [0.5, 0.6) is 0 Å². The summed E-state index contributed by atoms with van der Waals surface area (Å²) in [7, 11) is 0. The Hall–Kier alpha value is -0.410. The first kappa shape index (κ1) is 15.0. The highest BCUT2D eigenvalue weighted by Crippen LogP contribution is 2.41. The second-order valence-electron chi connectivity index (χ2n) is 6.61. The minimum absolute atomic E-state index is 0.0124. The molecule has 2 rings (SSSR count). The molecule has 0 N–H and O–H groups in total. The number of carbonyl (C=O) groups is 1. The Labute approximate surface area is 117 Å². The van der Waals surface area contributed by atoms with Crippen molar-refractivity contribution in [2.24, 2.45) is 5.41 Å². The largest absolute Gasteiger partial charge is 0.350 e. The van der Waals surface area contributed by atoms with E-state index in [2.05, 4.69) is 6.92 Å². The van der Waals surface area contributed by atoms with E-state index in [1.807, 2.05) is 13.8 Å². The van der Waals surface area contributed by atoms with E-state index >= 15 is 0 Å². The molecule has 0 radical (unpaired) electrons. The van der Waals surface area contributed by atoms with Gasteiger partial charge in [-0.15, -0.1) is 0 Å². The maximum Gasteiger partial charge on any atom is 0.168 e. The average Bonchev–Trinajstić information content (AvgIpc) is 2.40. The van der Waals surface area contributed by atoms with Crippen molar-refractivity contribution in [1.29, 1.82) is 0 Å². The summed E-state index contributed by atoms with van der Waals surface area (Å²) in [6.07, 6.45) is 8.02. The molecular formula is C16H28O3. The van der Waals surface area contributed by atoms with Crippen molar-refractivity contribution >= 4 is 5.78 Å². The van der Waals surface area contributed by atoms with E-state index in [1.54, 1.807) is 0 Å². The molecule has 1 atom stereocenters. The third-order valence-electron chi connectivity index (χ3n) is 4.72. The molecule has 1 spiro atoms. The van der Waals surface area contributed by atoms with Gasteiger partial charge in [-0.1, -0.05) is 27.2 Å². The van der Waals surface area contributed by atoms with Crippen LogP contribution in [0.25, 0.3) is 0 Å². The summed E-state index contributed by atoms with van der Waals surface area (Å²) in [5.74, 6) is -0.0573. The SMILES string of the molecule is CCCC(=O)C(C)(C)[C@@H]1CCOC2(CCCCC2)O1. The Bertz CT molecular complexity index is 310. The lowest BCUT2D eigenvalue weighted by atomic mass is 9.78. The number of ether oxygens (including phenoxy) is 2. The summed E-state index contributed by atoms with van der Waals surface area (Å²) < 4.78 is 12.2. The molecule has 1 aliphatic carbocycles. The third-order valence-corrected chi connectivity index (χ3v) is 4.72. The molecular weight excluding hydrogens is 240 g/mol. The highest BCUT2D eigenvalue weighted by Gasteiger charge is 2.46. The zero-order valence-corrected chi connectivity index (χ0v) is 12.7. The van der Waals surface area contributed by atoms with Crippen LogP contribution in [0.15, 0.2) is 0 Å². The predicted molar refractivity (Wildman–Crippen MR) is 75.0 cm³/mol. The lowest BCUT2D eigenvalue weighted by Crippen LogP contribution is -2.52. The zero-order valence-electron chi connectivity index (χ0n) is 12.7. The zero-order chi connectivity index (χ0) is 13.9. The van der Waals surface area contributed by atoms with Crippen molar-refractivity contribution in [2.45, 2.75) is 84.0 Å². The summed E-state index contributed by atoms with van der Waals surface area (Å²) in [6.45, 7) is 6.87. The molecule has 2 aliphatic rings. The van der Waals surface area contributed by atoms with E-state index in [9.17, 15) is 4.79 Å². The molecule has 2 fully saturated rings. The van der Waals surface area contributed by atoms with Gasteiger partial charge in [-0.05, 0) is 25.7 Å². The summed E-state index contributed by atoms with van der Waals surface area (Å²) in [4.78, 5) is 12.3. The van der Waals surface area contributed by atoms with Gasteiger partial charge in [0.25, 0.3) is 0 Å². The Morgan fingerprint density at radius 2 is 1.95 bits per heavy atom. The number of hydrogen-bond acceptors (Lipinski definition) is 3. The van der Waals surface area contributed by atoms with Crippen LogP contribution in [0.1, 0.15) is 72.1 Å². The van der Waals surface area contributed by atoms with Gasteiger partial charge in [0.1, 0.15) is 5.78 Å². The van der Waals surface area contributed by atoms with Gasteiger partial charge in [-0.25, -0.2) is 0 Å². The highest BCUT2D eigenvalue weighted by molar-refractivity contribution is 5.84. The fourth-order valence-electron chi connectivity index (χ4n) is 3.29. The van der Waals surface area contributed by atoms with Gasteiger partial charge in [-0.3, -0.25) is 4.79 Å². The molecule has 1 aliphatic heterocycles. The van der Waals surface area contributed by atoms with Crippen LogP contribution in [0.4, 0.5) is 0 Å². The Morgan fingerprint density at radius 3 is 2.58 bits per heavy atom. The van der Waals surface area contributed by atoms with Gasteiger partial charge < -0.3 is 9.47 Å². The first-order valence-corrected chi connectivity index (χ1v) is 7.85. The second-order valence-corrected chi connectivity index (χ2v) is 6.61. The predicted octanol–water partition coefficient (Wildman–Crippen LogP) is 3.85. The second kappa shape index (κ2) is 5.92. The van der Waals surface area contributed by atoms with Crippen LogP contribution in [0, 0.1) is 5.41 Å². The van der Waals surface area contributed by atoms with E-state index in [0.717, 1.165) is 32.3 Å². The number of rotatable bonds is 4. The van der Waals surface area contributed by atoms with Crippen LogP contribution < -0.4 is 0 Å². The smallest absolute Gasteiger partial charge is 0.168 e. The van der Waals surface area contributed by atoms with Crippen LogP contribution in [0.2, 0.25) is 0 Å². The Morgan fingerprint density at radius 1 is 1.26 bits per heavy atom. The quantitative estimate of drug-likeness (QED) is 0.777. The highest BCUT2D eigenvalue weighted by atomic mass is 16.7. The van der Waals surface area contributed by atoms with Gasteiger partial charge in [0.05, 0.1) is 12.7 Å². The summed E-state index contributed by atoms with van der Waals surface area (Å²) in [5.41, 5.74) is -0.385. The van der Waals surface area contributed by atoms with E-state index in [-0.39, 0.29) is 17.3 Å². The first-order chi connectivity index (χ1) is 9.00. The standard InChI is InChI=1S/C16H28O3/c1-4-8-13(17)15(2,3)14-9-12-18-16(19-14)10-6-5-7-11-16/h14H,4-12H2,1-3H3/t14-/m0/s1. The number of ketones is 1. The molecule has 1 saturated carbocycles. The van der Waals surface area contributed by atoms with Gasteiger partial charge in [0.15, 0.2) is 5.79 Å². The van der Waals surface area contributed by atoms with Crippen LogP contribution in [-0.2, 0) is 14.3 Å². The van der Waals surface area contributed by atoms with E-state index in [4.69, 9.17) is 9.47 Å². The van der Waals surface area contributed by atoms with E-state index in [1.165, 1.54) is 19.3 Å². The van der Waals surface area contributed by atoms with Gasteiger partial charge >= 0.3 is 0 Å². The summed E-state index contributed by atoms with van der Waals surface area (Å²) in [6, 6.07) is 0. The summed E-state index contributed by atoms with van der Waals surface area (Å²) in [5, 5.41) is 0. The molecule has 3 heteroatoms. The molecule has 0 amide bonds. The van der Waals surface area contributed by atoms with Gasteiger partial charge in [0, 0.05) is 24.7 Å². The maximum absolute atomic E-state index is 12.3. The van der Waals surface area contributed by atoms with Crippen molar-refractivity contribution in [3.05, 3.63) is 0 Å². The molecule has 0 unspecified atom stereocenters. The third kappa shape index (κ3) is 3.19. The molecule has 1 saturated heterocycles. The minimum Gasteiger partial charge on any atom is -0.350 e. The fourth-order valence-corrected chi connectivity index (χ4v) is 3.29. The van der Waals surface area contributed by atoms with E-state index < -0.39 is 0 Å². The van der Waals surface area contributed by atoms with Crippen LogP contribution in [-0.4, -0.2) is 24.3 Å². The topological polar surface area (TPSA) is 35.5 Å². The molecule has 19 heavy (non-hydrogen) atoms. The first-order valence-electron chi connectivity index (χ1n) is 7.85. The van der Waals surface area contributed by atoms with Crippen LogP contribution >= 0.6 is 0 Å². The summed E-state index contributed by atoms with van der Waals surface area (Å²) >= 11 is 0. The Kier molecular flexibility index (Phi) is 4.67. The van der Waals surface area contributed by atoms with Crippen molar-refractivity contribution in [3.63, 3.8) is 0 Å². The fraction of sp³-hybridized carbons (Fsp3) is 0.938. The lowest BCUT2D eigenvalue weighted by molar-refractivity contribution is -0.318. The van der Waals surface area contributed by atoms with Gasteiger partial charge in [0.2, 0.25) is 0 Å². The maximum atomic E-state index is 12.3. The normalized spacial score (nSPS) is 27.4. The lowest BCUT2D eigenvalue weighted by Gasteiger charge is -2.47. The van der Waals surface area contributed by atoms with Gasteiger partial charge in [-0.2, -0.15) is 0 Å². The van der Waals surface area contributed by atoms with Crippen LogP contribution in [0.3, 0.4) is 0 Å². The number of carbonyl (C=O) groups excluding carboxylic acids is 1. The molecule has 110 valence electrons. The Balaban J connectivity index is 2.05. The van der Waals surface area contributed by atoms with Crippen molar-refractivity contribution in [2.75, 3.05) is 6.61 Å². The van der Waals surface area contributed by atoms with Crippen molar-refractivity contribution in [1.82, 2.24) is 0 Å².